The van der Waals surface area contributed by atoms with Gasteiger partial charge in [0.25, 0.3) is 0 Å². The molecule has 0 aliphatic carbocycles. The molecule has 0 spiro atoms. The first-order chi connectivity index (χ1) is 6.40. The first-order valence-corrected chi connectivity index (χ1v) is 3.14. The lowest BCUT2D eigenvalue weighted by molar-refractivity contribution is -0.723. The number of carbonyl (C=O) groups is 2. The van der Waals surface area contributed by atoms with E-state index in [1.54, 1.807) is 0 Å². The third-order valence-electron chi connectivity index (χ3n) is 1.07. The molecule has 0 aliphatic heterocycles. The molecule has 0 unspecified atom stereocenters. The molecular formula is C5H5N3O6. The van der Waals surface area contributed by atoms with Crippen LogP contribution in [0.5, 0.6) is 0 Å². The van der Waals surface area contributed by atoms with Crippen LogP contribution in [0.2, 0.25) is 0 Å². The second-order valence-corrected chi connectivity index (χ2v) is 2.00. The molecule has 0 saturated carbocycles. The molecule has 1 N–H and O–H groups in total. The summed E-state index contributed by atoms with van der Waals surface area (Å²) in [7, 11) is 0. The van der Waals surface area contributed by atoms with Crippen LogP contribution in [0.1, 0.15) is 0 Å². The normalized spacial score (nSPS) is 9.21. The van der Waals surface area contributed by atoms with Crippen molar-refractivity contribution in [2.24, 2.45) is 0 Å². The predicted molar refractivity (Wildman–Crippen MR) is 41.1 cm³/mol. The molecule has 0 aromatic heterocycles. The number of nitro groups is 2. The van der Waals surface area contributed by atoms with E-state index in [2.05, 4.69) is 6.58 Å². The number of hydrogen-bond donors (Lipinski definition) is 1. The fourth-order valence-electron chi connectivity index (χ4n) is 0.505. The molecule has 0 aliphatic rings. The van der Waals surface area contributed by atoms with Crippen LogP contribution in [0.15, 0.2) is 12.7 Å². The monoisotopic (exact) mass is 203 g/mol. The lowest BCUT2D eigenvalue weighted by Gasteiger charge is -2.00. The van der Waals surface area contributed by atoms with Gasteiger partial charge in [-0.15, -0.1) is 0 Å². The summed E-state index contributed by atoms with van der Waals surface area (Å²) in [6.45, 7) is 2.96. The lowest BCUT2D eigenvalue weighted by Crippen LogP contribution is -2.46. The molecule has 0 aromatic carbocycles. The predicted octanol–water partition coefficient (Wildman–Crippen LogP) is -1.31. The highest BCUT2D eigenvalue weighted by Crippen LogP contribution is 1.91. The molecule has 0 fully saturated rings. The zero-order valence-corrected chi connectivity index (χ0v) is 6.71. The van der Waals surface area contributed by atoms with Crippen LogP contribution < -0.4 is 5.32 Å². The first-order valence-electron chi connectivity index (χ1n) is 3.14. The average molecular weight is 203 g/mol. The summed E-state index contributed by atoms with van der Waals surface area (Å²) in [6.07, 6.45) is -2.02. The van der Waals surface area contributed by atoms with Crippen molar-refractivity contribution < 1.29 is 19.4 Å². The maximum atomic E-state index is 10.7. The zero-order valence-electron chi connectivity index (χ0n) is 6.71. The molecule has 0 saturated heterocycles. The highest BCUT2D eigenvalue weighted by atomic mass is 16.7. The van der Waals surface area contributed by atoms with E-state index in [0.717, 1.165) is 0 Å². The minimum Gasteiger partial charge on any atom is -0.280 e. The number of rotatable bonds is 4. The highest BCUT2D eigenvalue weighted by Gasteiger charge is 2.42. The third-order valence-corrected chi connectivity index (χ3v) is 1.07. The molecule has 0 aromatic rings. The highest BCUT2D eigenvalue weighted by molar-refractivity contribution is 6.01. The van der Waals surface area contributed by atoms with Crippen molar-refractivity contribution in [2.45, 2.75) is 6.17 Å². The molecule has 2 amide bonds. The quantitative estimate of drug-likeness (QED) is 0.261. The molecule has 9 nitrogen and oxygen atoms in total. The third kappa shape index (κ3) is 2.97. The van der Waals surface area contributed by atoms with Crippen molar-refractivity contribution in [3.63, 3.8) is 0 Å². The van der Waals surface area contributed by atoms with Gasteiger partial charge in [0.15, 0.2) is 0 Å². The van der Waals surface area contributed by atoms with Gasteiger partial charge in [0.1, 0.15) is 9.85 Å². The topological polar surface area (TPSA) is 132 Å². The number of hydrogen-bond acceptors (Lipinski definition) is 6. The summed E-state index contributed by atoms with van der Waals surface area (Å²) in [4.78, 5) is 38.4. The Balaban J connectivity index is 4.62. The molecule has 9 heteroatoms. The fraction of sp³-hybridized carbons (Fsp3) is 0.200. The van der Waals surface area contributed by atoms with Gasteiger partial charge in [-0.25, -0.2) is 0 Å². The van der Waals surface area contributed by atoms with Crippen LogP contribution in [-0.4, -0.2) is 27.8 Å². The van der Waals surface area contributed by atoms with Crippen molar-refractivity contribution in [1.82, 2.24) is 5.32 Å². The Hall–Kier alpha value is -2.32. The van der Waals surface area contributed by atoms with E-state index in [1.165, 1.54) is 5.32 Å². The molecule has 0 atom stereocenters. The molecular weight excluding hydrogens is 198 g/mol. The summed E-state index contributed by atoms with van der Waals surface area (Å²) >= 11 is 0. The number of nitrogens with zero attached hydrogens (tertiary/aromatic N) is 2. The average Bonchev–Trinajstić information content (AvgIpc) is 2.02. The Bertz CT molecular complexity index is 297. The minimum atomic E-state index is -2.68. The number of carbonyl (C=O) groups excluding carboxylic acids is 2. The fourth-order valence-corrected chi connectivity index (χ4v) is 0.505. The number of nitrogens with one attached hydrogen (secondary N) is 1. The van der Waals surface area contributed by atoms with Crippen molar-refractivity contribution in [3.05, 3.63) is 32.9 Å². The summed E-state index contributed by atoms with van der Waals surface area (Å²) in [5.41, 5.74) is 0. The molecule has 0 rings (SSSR count). The molecule has 0 bridgehead atoms. The molecule has 14 heavy (non-hydrogen) atoms. The minimum absolute atomic E-state index is 0.662. The largest absolute Gasteiger partial charge is 0.527 e. The lowest BCUT2D eigenvalue weighted by atomic mass is 10.4. The van der Waals surface area contributed by atoms with Crippen LogP contribution in [0.25, 0.3) is 0 Å². The van der Waals surface area contributed by atoms with Crippen LogP contribution in [-0.2, 0) is 9.59 Å². The maximum absolute atomic E-state index is 10.7. The van der Waals surface area contributed by atoms with Gasteiger partial charge in [-0.1, -0.05) is 6.58 Å². The zero-order chi connectivity index (χ0) is 11.3. The maximum Gasteiger partial charge on any atom is 0.527 e. The van der Waals surface area contributed by atoms with Crippen LogP contribution >= 0.6 is 0 Å². The van der Waals surface area contributed by atoms with Crippen LogP contribution in [0.3, 0.4) is 0 Å². The van der Waals surface area contributed by atoms with E-state index in [9.17, 15) is 29.8 Å². The molecule has 76 valence electrons. The standard InChI is InChI=1S/C5H5N3O6/c1-2-3(9)6-4(10)5(7(11)12)8(13)14/h2,5H,1H2,(H,6,9,10). The van der Waals surface area contributed by atoms with Gasteiger partial charge in [0, 0.05) is 0 Å². The van der Waals surface area contributed by atoms with Crippen molar-refractivity contribution in [2.75, 3.05) is 0 Å². The van der Waals surface area contributed by atoms with E-state index >= 15 is 0 Å². The molecule has 0 heterocycles. The van der Waals surface area contributed by atoms with Crippen molar-refractivity contribution in [3.8, 4) is 0 Å². The van der Waals surface area contributed by atoms with E-state index in [0.29, 0.717) is 6.08 Å². The van der Waals surface area contributed by atoms with Gasteiger partial charge in [-0.05, 0) is 6.08 Å². The Morgan fingerprint density at radius 2 is 1.71 bits per heavy atom. The summed E-state index contributed by atoms with van der Waals surface area (Å²) in [5, 5.41) is 21.4. The van der Waals surface area contributed by atoms with E-state index in [-0.39, 0.29) is 0 Å². The van der Waals surface area contributed by atoms with Crippen LogP contribution in [0.4, 0.5) is 0 Å². The van der Waals surface area contributed by atoms with Gasteiger partial charge < -0.3 is 0 Å². The van der Waals surface area contributed by atoms with E-state index in [1.807, 2.05) is 0 Å². The van der Waals surface area contributed by atoms with Gasteiger partial charge in [0.2, 0.25) is 5.91 Å². The summed E-state index contributed by atoms with van der Waals surface area (Å²) in [6, 6.07) is 0. The second kappa shape index (κ2) is 4.64. The Kier molecular flexibility index (Phi) is 3.87. The van der Waals surface area contributed by atoms with Crippen LogP contribution in [0, 0.1) is 20.2 Å². The van der Waals surface area contributed by atoms with Gasteiger partial charge in [0.05, 0.1) is 0 Å². The Labute approximate surface area is 76.7 Å². The van der Waals surface area contributed by atoms with E-state index < -0.39 is 27.8 Å². The smallest absolute Gasteiger partial charge is 0.280 e. The number of amides is 2. The first kappa shape index (κ1) is 11.7. The van der Waals surface area contributed by atoms with E-state index in [4.69, 9.17) is 0 Å². The van der Waals surface area contributed by atoms with Gasteiger partial charge in [-0.2, -0.15) is 0 Å². The summed E-state index contributed by atoms with van der Waals surface area (Å²) in [5.74, 6) is -2.64. The van der Waals surface area contributed by atoms with Crippen molar-refractivity contribution >= 4 is 11.8 Å². The molecule has 0 radical (unpaired) electrons. The Morgan fingerprint density at radius 3 is 2.00 bits per heavy atom. The summed E-state index contributed by atoms with van der Waals surface area (Å²) < 4.78 is 0. The second-order valence-electron chi connectivity index (χ2n) is 2.00. The SMILES string of the molecule is C=CC(=O)NC(=O)C([N+](=O)[O-])[N+](=O)[O-]. The van der Waals surface area contributed by atoms with Gasteiger partial charge in [-0.3, -0.25) is 35.1 Å². The van der Waals surface area contributed by atoms with Gasteiger partial charge >= 0.3 is 12.1 Å². The van der Waals surface area contributed by atoms with Crippen molar-refractivity contribution in [1.29, 1.82) is 0 Å². The Morgan fingerprint density at radius 1 is 1.29 bits per heavy atom. The number of imide groups is 1.